The van der Waals surface area contributed by atoms with Crippen LogP contribution < -0.4 is 9.80 Å². The van der Waals surface area contributed by atoms with Gasteiger partial charge in [-0.2, -0.15) is 5.26 Å². The van der Waals surface area contributed by atoms with E-state index in [2.05, 4.69) is 13.0 Å². The number of anilines is 2. The van der Waals surface area contributed by atoms with Crippen LogP contribution in [0.3, 0.4) is 0 Å². The molecular formula is C14H17N3O. The molecule has 0 N–H and O–H groups in total. The van der Waals surface area contributed by atoms with Crippen LogP contribution in [0.1, 0.15) is 25.8 Å². The van der Waals surface area contributed by atoms with Crippen LogP contribution in [0.15, 0.2) is 18.2 Å². The van der Waals surface area contributed by atoms with E-state index in [0.717, 1.165) is 17.8 Å². The number of rotatable bonds is 2. The van der Waals surface area contributed by atoms with Crippen LogP contribution in [0.25, 0.3) is 0 Å². The zero-order valence-electron chi connectivity index (χ0n) is 11.0. The minimum absolute atomic E-state index is 0.0921. The Labute approximate surface area is 107 Å². The van der Waals surface area contributed by atoms with E-state index in [4.69, 9.17) is 5.26 Å². The van der Waals surface area contributed by atoms with Gasteiger partial charge >= 0.3 is 0 Å². The minimum atomic E-state index is 0.0921. The lowest BCUT2D eigenvalue weighted by atomic mass is 10.1. The SMILES string of the molecule is CCC(C)N1C(=O)CN(C)c2ccc(C#N)cc21. The molecule has 1 aliphatic heterocycles. The fourth-order valence-corrected chi connectivity index (χ4v) is 2.27. The van der Waals surface area contributed by atoms with Crippen molar-refractivity contribution < 1.29 is 4.79 Å². The Morgan fingerprint density at radius 2 is 2.17 bits per heavy atom. The van der Waals surface area contributed by atoms with Gasteiger partial charge in [-0.25, -0.2) is 0 Å². The molecule has 2 rings (SSSR count). The average Bonchev–Trinajstić information content (AvgIpc) is 2.37. The first-order valence-corrected chi connectivity index (χ1v) is 6.15. The van der Waals surface area contributed by atoms with Crippen LogP contribution in [-0.2, 0) is 4.79 Å². The molecule has 1 amide bonds. The number of nitrogens with zero attached hydrogens (tertiary/aromatic N) is 3. The maximum atomic E-state index is 12.2. The molecule has 1 unspecified atom stereocenters. The fourth-order valence-electron chi connectivity index (χ4n) is 2.27. The van der Waals surface area contributed by atoms with E-state index in [-0.39, 0.29) is 11.9 Å². The Balaban J connectivity index is 2.55. The molecule has 0 bridgehead atoms. The molecule has 4 heteroatoms. The second-order valence-corrected chi connectivity index (χ2v) is 4.69. The molecule has 94 valence electrons. The highest BCUT2D eigenvalue weighted by atomic mass is 16.2. The molecule has 1 aliphatic rings. The standard InChI is InChI=1S/C14H17N3O/c1-4-10(2)17-13-7-11(8-15)5-6-12(13)16(3)9-14(17)18/h5-7,10H,4,9H2,1-3H3. The lowest BCUT2D eigenvalue weighted by molar-refractivity contribution is -0.118. The average molecular weight is 243 g/mol. The van der Waals surface area contributed by atoms with Gasteiger partial charge in [-0.15, -0.1) is 0 Å². The first-order valence-electron chi connectivity index (χ1n) is 6.15. The lowest BCUT2D eigenvalue weighted by Crippen LogP contribution is -2.48. The summed E-state index contributed by atoms with van der Waals surface area (Å²) < 4.78 is 0. The molecule has 1 atom stereocenters. The van der Waals surface area contributed by atoms with Gasteiger partial charge in [-0.3, -0.25) is 4.79 Å². The Bertz CT molecular complexity index is 518. The van der Waals surface area contributed by atoms with E-state index >= 15 is 0 Å². The van der Waals surface area contributed by atoms with Crippen molar-refractivity contribution >= 4 is 17.3 Å². The fraction of sp³-hybridized carbons (Fsp3) is 0.429. The molecule has 0 saturated heterocycles. The van der Waals surface area contributed by atoms with E-state index < -0.39 is 0 Å². The normalized spacial score (nSPS) is 16.2. The van der Waals surface area contributed by atoms with Crippen molar-refractivity contribution in [3.8, 4) is 6.07 Å². The largest absolute Gasteiger partial charge is 0.364 e. The number of amides is 1. The molecule has 1 aromatic carbocycles. The summed E-state index contributed by atoms with van der Waals surface area (Å²) in [5, 5.41) is 8.99. The summed E-state index contributed by atoms with van der Waals surface area (Å²) in [6.07, 6.45) is 0.895. The zero-order chi connectivity index (χ0) is 13.3. The van der Waals surface area contributed by atoms with Gasteiger partial charge in [0.15, 0.2) is 0 Å². The molecule has 0 saturated carbocycles. The third kappa shape index (κ3) is 1.92. The number of fused-ring (bicyclic) bond motifs is 1. The van der Waals surface area contributed by atoms with Crippen molar-refractivity contribution in [2.75, 3.05) is 23.4 Å². The van der Waals surface area contributed by atoms with Gasteiger partial charge in [0.05, 0.1) is 29.6 Å². The predicted octanol–water partition coefficient (Wildman–Crippen LogP) is 2.14. The monoisotopic (exact) mass is 243 g/mol. The summed E-state index contributed by atoms with van der Waals surface area (Å²) in [6, 6.07) is 7.78. The van der Waals surface area contributed by atoms with Crippen molar-refractivity contribution in [3.05, 3.63) is 23.8 Å². The number of carbonyl (C=O) groups is 1. The van der Waals surface area contributed by atoms with Crippen LogP contribution in [0.2, 0.25) is 0 Å². The van der Waals surface area contributed by atoms with Crippen molar-refractivity contribution in [1.82, 2.24) is 0 Å². The highest BCUT2D eigenvalue weighted by Gasteiger charge is 2.30. The Morgan fingerprint density at radius 1 is 1.44 bits per heavy atom. The number of benzene rings is 1. The number of hydrogen-bond donors (Lipinski definition) is 0. The van der Waals surface area contributed by atoms with Crippen LogP contribution in [-0.4, -0.2) is 25.5 Å². The summed E-state index contributed by atoms with van der Waals surface area (Å²) in [5.74, 6) is 0.0921. The van der Waals surface area contributed by atoms with Crippen molar-refractivity contribution in [1.29, 1.82) is 5.26 Å². The zero-order valence-corrected chi connectivity index (χ0v) is 11.0. The molecule has 1 aromatic rings. The molecule has 1 heterocycles. The van der Waals surface area contributed by atoms with Gasteiger partial charge in [0, 0.05) is 13.1 Å². The summed E-state index contributed by atoms with van der Waals surface area (Å²) in [4.78, 5) is 15.9. The Morgan fingerprint density at radius 3 is 2.78 bits per heavy atom. The van der Waals surface area contributed by atoms with E-state index in [1.807, 2.05) is 29.8 Å². The highest BCUT2D eigenvalue weighted by Crippen LogP contribution is 2.35. The van der Waals surface area contributed by atoms with E-state index in [1.54, 1.807) is 12.1 Å². The van der Waals surface area contributed by atoms with Crippen molar-refractivity contribution in [2.24, 2.45) is 0 Å². The van der Waals surface area contributed by atoms with Gasteiger partial charge in [0.1, 0.15) is 0 Å². The molecule has 0 fully saturated rings. The molecule has 0 spiro atoms. The van der Waals surface area contributed by atoms with Crippen LogP contribution >= 0.6 is 0 Å². The summed E-state index contributed by atoms with van der Waals surface area (Å²) in [6.45, 7) is 4.49. The molecule has 0 aromatic heterocycles. The highest BCUT2D eigenvalue weighted by molar-refractivity contribution is 6.03. The third-order valence-electron chi connectivity index (χ3n) is 3.45. The van der Waals surface area contributed by atoms with Crippen LogP contribution in [0.5, 0.6) is 0 Å². The van der Waals surface area contributed by atoms with Crippen LogP contribution in [0.4, 0.5) is 11.4 Å². The lowest BCUT2D eigenvalue weighted by Gasteiger charge is -2.38. The second kappa shape index (κ2) is 4.69. The summed E-state index contributed by atoms with van der Waals surface area (Å²) in [7, 11) is 1.90. The molecule has 18 heavy (non-hydrogen) atoms. The number of hydrogen-bond acceptors (Lipinski definition) is 3. The van der Waals surface area contributed by atoms with E-state index in [1.165, 1.54) is 0 Å². The van der Waals surface area contributed by atoms with Gasteiger partial charge in [-0.05, 0) is 31.5 Å². The number of nitriles is 1. The molecule has 0 aliphatic carbocycles. The first-order chi connectivity index (χ1) is 8.58. The summed E-state index contributed by atoms with van der Waals surface area (Å²) in [5.41, 5.74) is 2.45. The van der Waals surface area contributed by atoms with Gasteiger partial charge in [0.2, 0.25) is 5.91 Å². The molecular weight excluding hydrogens is 226 g/mol. The molecule has 0 radical (unpaired) electrons. The van der Waals surface area contributed by atoms with Gasteiger partial charge in [0.25, 0.3) is 0 Å². The van der Waals surface area contributed by atoms with E-state index in [9.17, 15) is 4.79 Å². The topological polar surface area (TPSA) is 47.3 Å². The second-order valence-electron chi connectivity index (χ2n) is 4.69. The maximum absolute atomic E-state index is 12.2. The van der Waals surface area contributed by atoms with Gasteiger partial charge < -0.3 is 9.80 Å². The quantitative estimate of drug-likeness (QED) is 0.799. The van der Waals surface area contributed by atoms with Crippen molar-refractivity contribution in [3.63, 3.8) is 0 Å². The molecule has 4 nitrogen and oxygen atoms in total. The van der Waals surface area contributed by atoms with Crippen LogP contribution in [0, 0.1) is 11.3 Å². The summed E-state index contributed by atoms with van der Waals surface area (Å²) >= 11 is 0. The Hall–Kier alpha value is -2.02. The minimum Gasteiger partial charge on any atom is -0.364 e. The maximum Gasteiger partial charge on any atom is 0.246 e. The predicted molar refractivity (Wildman–Crippen MR) is 71.7 cm³/mol. The van der Waals surface area contributed by atoms with Crippen molar-refractivity contribution in [2.45, 2.75) is 26.3 Å². The third-order valence-corrected chi connectivity index (χ3v) is 3.45. The number of carbonyl (C=O) groups excluding carboxylic acids is 1. The van der Waals surface area contributed by atoms with Gasteiger partial charge in [-0.1, -0.05) is 6.92 Å². The Kier molecular flexibility index (Phi) is 3.24. The smallest absolute Gasteiger partial charge is 0.246 e. The number of likely N-dealkylation sites (N-methyl/N-ethyl adjacent to an activating group) is 1. The van der Waals surface area contributed by atoms with E-state index in [0.29, 0.717) is 12.1 Å². The first kappa shape index (κ1) is 12.4.